The van der Waals surface area contributed by atoms with Crippen molar-refractivity contribution in [3.63, 3.8) is 0 Å². The number of hydrogen-bond donors (Lipinski definition) is 5. The molecule has 0 spiro atoms. The maximum absolute atomic E-state index is 9.19. The van der Waals surface area contributed by atoms with Crippen molar-refractivity contribution in [1.29, 1.82) is 0 Å². The summed E-state index contributed by atoms with van der Waals surface area (Å²) < 4.78 is 51.6. The van der Waals surface area contributed by atoms with Crippen LogP contribution in [0.3, 0.4) is 0 Å². The highest BCUT2D eigenvalue weighted by Gasteiger charge is 1.95. The highest BCUT2D eigenvalue weighted by atomic mass is 32.2. The van der Waals surface area contributed by atoms with Crippen LogP contribution in [0.25, 0.3) is 10.8 Å². The summed E-state index contributed by atoms with van der Waals surface area (Å²) in [6.07, 6.45) is 0. The molecular weight excluding hydrogens is 456 g/mol. The molecule has 0 fully saturated rings. The first-order chi connectivity index (χ1) is 14.3. The van der Waals surface area contributed by atoms with Gasteiger partial charge in [-0.15, -0.1) is 0 Å². The Hall–Kier alpha value is -3.73. The molecule has 0 aliphatic carbocycles. The molecule has 16 heteroatoms. The minimum absolute atomic E-state index is 0.0417. The van der Waals surface area contributed by atoms with Crippen molar-refractivity contribution in [2.45, 2.75) is 0 Å². The molecule has 0 saturated carbocycles. The van der Waals surface area contributed by atoms with Crippen LogP contribution in [0.15, 0.2) is 48.5 Å². The Labute approximate surface area is 176 Å². The van der Waals surface area contributed by atoms with Gasteiger partial charge in [-0.2, -0.15) is 31.8 Å². The lowest BCUT2D eigenvalue weighted by Gasteiger charge is -1.93. The molecule has 0 amide bonds. The van der Waals surface area contributed by atoms with Crippen molar-refractivity contribution in [3.8, 4) is 0 Å². The molecule has 3 aromatic rings. The zero-order chi connectivity index (χ0) is 24.1. The molecule has 0 aliphatic rings. The predicted octanol–water partition coefficient (Wildman–Crippen LogP) is -0.413. The van der Waals surface area contributed by atoms with E-state index < -0.39 is 31.5 Å². The molecule has 8 N–H and O–H groups in total. The fraction of sp³-hybridized carbons (Fsp3) is 0. The van der Waals surface area contributed by atoms with Gasteiger partial charge in [0, 0.05) is 0 Å². The summed E-state index contributed by atoms with van der Waals surface area (Å²) in [5, 5.41) is 2.62. The molecule has 0 bridgehead atoms. The molecule has 2 aromatic carbocycles. The molecule has 0 aliphatic heterocycles. The third-order valence-electron chi connectivity index (χ3n) is 2.59. The molecule has 1 aromatic heterocycles. The van der Waals surface area contributed by atoms with Crippen molar-refractivity contribution in [1.82, 2.24) is 15.0 Å². The predicted molar refractivity (Wildman–Crippen MR) is 114 cm³/mol. The Morgan fingerprint density at radius 2 is 0.806 bits per heavy atom. The molecule has 0 atom stereocenters. The molecular formula is C15H18N6O8S2. The van der Waals surface area contributed by atoms with Crippen LogP contribution in [-0.4, -0.2) is 52.1 Å². The van der Waals surface area contributed by atoms with Gasteiger partial charge in [0.05, 0.1) is 0 Å². The lowest BCUT2D eigenvalue weighted by atomic mass is 10.1. The van der Waals surface area contributed by atoms with E-state index in [2.05, 4.69) is 63.5 Å². The Morgan fingerprint density at radius 1 is 0.613 bits per heavy atom. The minimum Gasteiger partial charge on any atom is -0.368 e. The summed E-state index contributed by atoms with van der Waals surface area (Å²) in [6, 6.07) is 16.7. The SMILES string of the molecule is Nc1nc(N)nc(N)n1.O=CS(=O)(=O)O.O=CS(=O)(=O)O.c1ccc2ccccc2c1. The van der Waals surface area contributed by atoms with Gasteiger partial charge in [0.25, 0.3) is 11.2 Å². The van der Waals surface area contributed by atoms with Gasteiger partial charge in [0.1, 0.15) is 0 Å². The zero-order valence-electron chi connectivity index (χ0n) is 15.5. The van der Waals surface area contributed by atoms with Crippen LogP contribution in [0.5, 0.6) is 0 Å². The van der Waals surface area contributed by atoms with E-state index in [4.69, 9.17) is 35.9 Å². The molecule has 0 unspecified atom stereocenters. The van der Waals surface area contributed by atoms with Crippen LogP contribution in [-0.2, 0) is 29.8 Å². The molecule has 14 nitrogen and oxygen atoms in total. The number of benzene rings is 2. The monoisotopic (exact) mass is 474 g/mol. The van der Waals surface area contributed by atoms with Crippen LogP contribution in [0.2, 0.25) is 0 Å². The Morgan fingerprint density at radius 3 is 0.968 bits per heavy atom. The van der Waals surface area contributed by atoms with E-state index in [9.17, 15) is 16.8 Å². The van der Waals surface area contributed by atoms with Crippen LogP contribution < -0.4 is 17.2 Å². The van der Waals surface area contributed by atoms with E-state index in [-0.39, 0.29) is 17.8 Å². The number of fused-ring (bicyclic) bond motifs is 1. The average Bonchev–Trinajstić information content (AvgIpc) is 2.67. The summed E-state index contributed by atoms with van der Waals surface area (Å²) in [5.74, 6) is 0.125. The third kappa shape index (κ3) is 14.9. The summed E-state index contributed by atoms with van der Waals surface area (Å²) in [5.41, 5.74) is 14.3. The van der Waals surface area contributed by atoms with Gasteiger partial charge < -0.3 is 17.2 Å². The van der Waals surface area contributed by atoms with Gasteiger partial charge in [-0.25, -0.2) is 0 Å². The highest BCUT2D eigenvalue weighted by molar-refractivity contribution is 7.99. The van der Waals surface area contributed by atoms with Crippen LogP contribution in [0, 0.1) is 0 Å². The van der Waals surface area contributed by atoms with E-state index in [0.29, 0.717) is 0 Å². The van der Waals surface area contributed by atoms with E-state index in [0.717, 1.165) is 0 Å². The van der Waals surface area contributed by atoms with Gasteiger partial charge in [0.15, 0.2) is 0 Å². The Balaban J connectivity index is 0.000000400. The van der Waals surface area contributed by atoms with Gasteiger partial charge >= 0.3 is 20.2 Å². The van der Waals surface area contributed by atoms with Gasteiger partial charge in [-0.3, -0.25) is 18.7 Å². The van der Waals surface area contributed by atoms with Crippen molar-refractivity contribution in [2.24, 2.45) is 0 Å². The van der Waals surface area contributed by atoms with E-state index in [1.165, 1.54) is 10.8 Å². The van der Waals surface area contributed by atoms with Crippen molar-refractivity contribution < 1.29 is 35.5 Å². The van der Waals surface area contributed by atoms with Gasteiger partial charge in [-0.1, -0.05) is 48.5 Å². The van der Waals surface area contributed by atoms with Crippen molar-refractivity contribution in [2.75, 3.05) is 17.2 Å². The maximum Gasteiger partial charge on any atom is 0.325 e. The minimum atomic E-state index is -4.34. The first kappa shape index (κ1) is 27.3. The second kappa shape index (κ2) is 12.8. The summed E-state index contributed by atoms with van der Waals surface area (Å²) in [6.45, 7) is 0. The molecule has 3 rings (SSSR count). The largest absolute Gasteiger partial charge is 0.368 e. The number of nitrogens with zero attached hydrogens (tertiary/aromatic N) is 3. The van der Waals surface area contributed by atoms with Crippen LogP contribution in [0.4, 0.5) is 17.8 Å². The summed E-state index contributed by atoms with van der Waals surface area (Å²) in [7, 11) is -8.69. The molecule has 1 heterocycles. The topological polar surface area (TPSA) is 260 Å². The molecule has 0 radical (unpaired) electrons. The summed E-state index contributed by atoms with van der Waals surface area (Å²) in [4.78, 5) is 28.4. The van der Waals surface area contributed by atoms with Gasteiger partial charge in [0.2, 0.25) is 17.8 Å². The van der Waals surface area contributed by atoms with E-state index >= 15 is 0 Å². The van der Waals surface area contributed by atoms with E-state index in [1.54, 1.807) is 0 Å². The van der Waals surface area contributed by atoms with Crippen molar-refractivity contribution >= 4 is 60.1 Å². The lowest BCUT2D eigenvalue weighted by Crippen LogP contribution is -2.05. The Bertz CT molecular complexity index is 1040. The number of carbonyl (C=O) groups excluding carboxylic acids is 2. The second-order valence-corrected chi connectivity index (χ2v) is 7.42. The van der Waals surface area contributed by atoms with Crippen molar-refractivity contribution in [3.05, 3.63) is 48.5 Å². The normalized spacial score (nSPS) is 10.1. The smallest absolute Gasteiger partial charge is 0.325 e. The number of rotatable bonds is 2. The number of anilines is 3. The van der Waals surface area contributed by atoms with Crippen LogP contribution >= 0.6 is 0 Å². The lowest BCUT2D eigenvalue weighted by molar-refractivity contribution is 0.485. The third-order valence-corrected chi connectivity index (χ3v) is 3.08. The molecule has 31 heavy (non-hydrogen) atoms. The highest BCUT2D eigenvalue weighted by Crippen LogP contribution is 2.11. The standard InChI is InChI=1S/C10H8.C3H6N6.2CH2O4S/c1-2-6-10-8-4-3-7-9(10)5-1;4-1-7-2(5)9-3(6)8-1;2*2-1-6(3,4)5/h1-8H;(H6,4,5,6,7,8,9);2*1H,(H,3,4,5). The zero-order valence-corrected chi connectivity index (χ0v) is 17.1. The maximum atomic E-state index is 9.19. The fourth-order valence-corrected chi connectivity index (χ4v) is 1.56. The number of carbonyl (C=O) groups is 2. The molecule has 168 valence electrons. The van der Waals surface area contributed by atoms with Gasteiger partial charge in [-0.05, 0) is 10.8 Å². The number of hydrogen-bond acceptors (Lipinski definition) is 12. The summed E-state index contributed by atoms with van der Waals surface area (Å²) >= 11 is 0. The fourth-order valence-electron chi connectivity index (χ4n) is 1.56. The molecule has 0 saturated heterocycles. The quantitative estimate of drug-likeness (QED) is 0.233. The number of aromatic nitrogens is 3. The number of nitrogen functional groups attached to an aromatic ring is 3. The number of nitrogens with two attached hydrogens (primary N) is 3. The first-order valence-electron chi connectivity index (χ1n) is 7.59. The Kier molecular flexibility index (Phi) is 11.2. The second-order valence-electron chi connectivity index (χ2n) is 4.98. The van der Waals surface area contributed by atoms with E-state index in [1.807, 2.05) is 0 Å². The average molecular weight is 474 g/mol. The first-order valence-corrected chi connectivity index (χ1v) is 10.6. The van der Waals surface area contributed by atoms with Crippen LogP contribution in [0.1, 0.15) is 0 Å².